The molecule has 1 unspecified atom stereocenters. The minimum absolute atomic E-state index is 0.165. The molecule has 32 heavy (non-hydrogen) atoms. The highest BCUT2D eigenvalue weighted by Gasteiger charge is 2.29. The molecule has 162 valence electrons. The van der Waals surface area contributed by atoms with E-state index in [1.807, 2.05) is 24.4 Å². The van der Waals surface area contributed by atoms with Crippen LogP contribution in [0, 0.1) is 11.6 Å². The van der Waals surface area contributed by atoms with Crippen LogP contribution in [-0.4, -0.2) is 46.4 Å². The molecular weight excluding hydrogens is 410 g/mol. The van der Waals surface area contributed by atoms with Gasteiger partial charge in [0.1, 0.15) is 11.6 Å². The summed E-state index contributed by atoms with van der Waals surface area (Å²) in [6.07, 6.45) is 3.59. The number of aromatic nitrogens is 3. The molecule has 0 saturated carbocycles. The number of ether oxygens (including phenoxy) is 1. The fraction of sp³-hybridized carbons (Fsp3) is 0.200. The van der Waals surface area contributed by atoms with Crippen molar-refractivity contribution >= 4 is 0 Å². The lowest BCUT2D eigenvalue weighted by Gasteiger charge is -2.34. The van der Waals surface area contributed by atoms with Gasteiger partial charge in [-0.3, -0.25) is 15.0 Å². The minimum Gasteiger partial charge on any atom is -0.379 e. The van der Waals surface area contributed by atoms with Crippen molar-refractivity contribution in [3.63, 3.8) is 0 Å². The van der Waals surface area contributed by atoms with Crippen LogP contribution in [0.5, 0.6) is 0 Å². The molecule has 1 aliphatic heterocycles. The Morgan fingerprint density at radius 1 is 0.906 bits per heavy atom. The fourth-order valence-corrected chi connectivity index (χ4v) is 4.16. The lowest BCUT2D eigenvalue weighted by atomic mass is 9.95. The molecule has 5 rings (SSSR count). The first-order valence-corrected chi connectivity index (χ1v) is 10.5. The first kappa shape index (κ1) is 20.5. The third-order valence-electron chi connectivity index (χ3n) is 5.76. The quantitative estimate of drug-likeness (QED) is 0.490. The number of hydrogen-bond donors (Lipinski definition) is 1. The highest BCUT2D eigenvalue weighted by molar-refractivity contribution is 5.65. The molecule has 4 aromatic rings. The molecule has 7 heteroatoms. The van der Waals surface area contributed by atoms with E-state index in [0.717, 1.165) is 35.5 Å². The van der Waals surface area contributed by atoms with Crippen LogP contribution >= 0.6 is 0 Å². The van der Waals surface area contributed by atoms with E-state index >= 15 is 0 Å². The smallest absolute Gasteiger partial charge is 0.132 e. The van der Waals surface area contributed by atoms with Crippen molar-refractivity contribution in [3.8, 4) is 22.5 Å². The zero-order valence-corrected chi connectivity index (χ0v) is 17.3. The van der Waals surface area contributed by atoms with E-state index in [-0.39, 0.29) is 17.7 Å². The second kappa shape index (κ2) is 8.98. The van der Waals surface area contributed by atoms with Crippen LogP contribution in [0.2, 0.25) is 0 Å². The maximum absolute atomic E-state index is 14.6. The number of hydrogen-bond acceptors (Lipinski definition) is 4. The van der Waals surface area contributed by atoms with Crippen LogP contribution in [0.1, 0.15) is 17.2 Å². The Balaban J connectivity index is 1.55. The van der Waals surface area contributed by atoms with Gasteiger partial charge >= 0.3 is 0 Å². The molecule has 0 bridgehead atoms. The minimum atomic E-state index is -0.302. The standard InChI is InChI=1S/C25H22F2N4O/c26-19-8-5-17(6-9-19)23-10-7-18(15-28-23)25(31-11-13-32-14-12-31)21-16-29-30-24(21)20-3-1-2-4-22(20)27/h1-10,15-16,25H,11-14H2,(H,29,30). The lowest BCUT2D eigenvalue weighted by molar-refractivity contribution is 0.0240. The van der Waals surface area contributed by atoms with Gasteiger partial charge in [-0.15, -0.1) is 0 Å². The van der Waals surface area contributed by atoms with Gasteiger partial charge in [-0.1, -0.05) is 18.2 Å². The topological polar surface area (TPSA) is 54.0 Å². The molecule has 0 aliphatic carbocycles. The molecule has 1 saturated heterocycles. The second-order valence-electron chi connectivity index (χ2n) is 7.71. The van der Waals surface area contributed by atoms with E-state index in [1.165, 1.54) is 18.2 Å². The molecule has 3 heterocycles. The van der Waals surface area contributed by atoms with Gasteiger partial charge in [0.05, 0.1) is 36.8 Å². The third-order valence-corrected chi connectivity index (χ3v) is 5.76. The van der Waals surface area contributed by atoms with Gasteiger partial charge in [0.2, 0.25) is 0 Å². The number of rotatable bonds is 5. The monoisotopic (exact) mass is 432 g/mol. The zero-order valence-electron chi connectivity index (χ0n) is 17.3. The SMILES string of the molecule is Fc1ccc(-c2ccc(C(c3cn[nH]c3-c3ccccc3F)N3CCOCC3)cn2)cc1. The van der Waals surface area contributed by atoms with E-state index < -0.39 is 0 Å². The summed E-state index contributed by atoms with van der Waals surface area (Å²) in [6, 6.07) is 16.7. The van der Waals surface area contributed by atoms with Crippen molar-refractivity contribution in [2.75, 3.05) is 26.3 Å². The van der Waals surface area contributed by atoms with Gasteiger partial charge in [-0.25, -0.2) is 8.78 Å². The van der Waals surface area contributed by atoms with Gasteiger partial charge in [0.15, 0.2) is 0 Å². The Labute approximate surface area is 184 Å². The van der Waals surface area contributed by atoms with Gasteiger partial charge in [0.25, 0.3) is 0 Å². The maximum Gasteiger partial charge on any atom is 0.132 e. The Hall–Kier alpha value is -3.42. The summed E-state index contributed by atoms with van der Waals surface area (Å²) in [4.78, 5) is 6.94. The summed E-state index contributed by atoms with van der Waals surface area (Å²) in [5.41, 5.74) is 4.59. The average Bonchev–Trinajstić information content (AvgIpc) is 3.30. The first-order valence-electron chi connectivity index (χ1n) is 10.5. The molecular formula is C25H22F2N4O. The Bertz CT molecular complexity index is 1190. The molecule has 1 N–H and O–H groups in total. The molecule has 5 nitrogen and oxygen atoms in total. The van der Waals surface area contributed by atoms with Gasteiger partial charge in [-0.05, 0) is 48.0 Å². The summed E-state index contributed by atoms with van der Waals surface area (Å²) in [5, 5.41) is 7.24. The van der Waals surface area contributed by atoms with Crippen molar-refractivity contribution in [1.29, 1.82) is 0 Å². The molecule has 1 atom stereocenters. The van der Waals surface area contributed by atoms with E-state index in [9.17, 15) is 8.78 Å². The Kier molecular flexibility index (Phi) is 5.75. The summed E-state index contributed by atoms with van der Waals surface area (Å²) in [5.74, 6) is -0.582. The number of pyridine rings is 1. The molecule has 0 spiro atoms. The highest BCUT2D eigenvalue weighted by atomic mass is 19.1. The largest absolute Gasteiger partial charge is 0.379 e. The van der Waals surface area contributed by atoms with Crippen molar-refractivity contribution in [3.05, 3.63) is 95.8 Å². The predicted molar refractivity (Wildman–Crippen MR) is 118 cm³/mol. The van der Waals surface area contributed by atoms with Gasteiger partial charge < -0.3 is 4.74 Å². The van der Waals surface area contributed by atoms with Crippen LogP contribution in [0.15, 0.2) is 73.1 Å². The summed E-state index contributed by atoms with van der Waals surface area (Å²) >= 11 is 0. The van der Waals surface area contributed by atoms with Crippen molar-refractivity contribution < 1.29 is 13.5 Å². The number of halogens is 2. The van der Waals surface area contributed by atoms with E-state index in [4.69, 9.17) is 4.74 Å². The van der Waals surface area contributed by atoms with Crippen molar-refractivity contribution in [2.24, 2.45) is 0 Å². The van der Waals surface area contributed by atoms with E-state index in [0.29, 0.717) is 24.5 Å². The molecule has 1 fully saturated rings. The molecule has 1 aliphatic rings. The molecule has 0 amide bonds. The number of aromatic amines is 1. The Morgan fingerprint density at radius 3 is 2.41 bits per heavy atom. The number of H-pyrrole nitrogens is 1. The van der Waals surface area contributed by atoms with Crippen LogP contribution in [0.25, 0.3) is 22.5 Å². The summed E-state index contributed by atoms with van der Waals surface area (Å²) < 4.78 is 33.4. The fourth-order valence-electron chi connectivity index (χ4n) is 4.16. The first-order chi connectivity index (χ1) is 15.7. The lowest BCUT2D eigenvalue weighted by Crippen LogP contribution is -2.39. The molecule has 2 aromatic carbocycles. The van der Waals surface area contributed by atoms with Crippen LogP contribution < -0.4 is 0 Å². The second-order valence-corrected chi connectivity index (χ2v) is 7.71. The summed E-state index contributed by atoms with van der Waals surface area (Å²) in [7, 11) is 0. The average molecular weight is 432 g/mol. The number of benzene rings is 2. The normalized spacial score (nSPS) is 15.6. The summed E-state index contributed by atoms with van der Waals surface area (Å²) in [6.45, 7) is 2.74. The number of nitrogens with one attached hydrogen (secondary N) is 1. The van der Waals surface area contributed by atoms with Crippen LogP contribution in [0.4, 0.5) is 8.78 Å². The number of morpholine rings is 1. The number of nitrogens with zero attached hydrogens (tertiary/aromatic N) is 3. The van der Waals surface area contributed by atoms with E-state index in [1.54, 1.807) is 30.5 Å². The Morgan fingerprint density at radius 2 is 1.69 bits per heavy atom. The van der Waals surface area contributed by atoms with Crippen molar-refractivity contribution in [1.82, 2.24) is 20.1 Å². The van der Waals surface area contributed by atoms with Crippen LogP contribution in [-0.2, 0) is 4.74 Å². The maximum atomic E-state index is 14.6. The van der Waals surface area contributed by atoms with Crippen LogP contribution in [0.3, 0.4) is 0 Å². The third kappa shape index (κ3) is 4.04. The molecule has 2 aromatic heterocycles. The van der Waals surface area contributed by atoms with Gasteiger partial charge in [0, 0.05) is 36.0 Å². The molecule has 0 radical (unpaired) electrons. The van der Waals surface area contributed by atoms with Crippen molar-refractivity contribution in [2.45, 2.75) is 6.04 Å². The zero-order chi connectivity index (χ0) is 21.9. The highest BCUT2D eigenvalue weighted by Crippen LogP contribution is 2.36. The predicted octanol–water partition coefficient (Wildman–Crippen LogP) is 4.84. The van der Waals surface area contributed by atoms with E-state index in [2.05, 4.69) is 20.1 Å². The van der Waals surface area contributed by atoms with Gasteiger partial charge in [-0.2, -0.15) is 5.10 Å².